The summed E-state index contributed by atoms with van der Waals surface area (Å²) in [7, 11) is 2.17. The molecule has 0 aliphatic carbocycles. The molecular formula is C16H25N3O. The van der Waals surface area contributed by atoms with Gasteiger partial charge in [-0.2, -0.15) is 0 Å². The third kappa shape index (κ3) is 5.21. The van der Waals surface area contributed by atoms with Gasteiger partial charge in [-0.15, -0.1) is 0 Å². The molecule has 4 heteroatoms. The van der Waals surface area contributed by atoms with E-state index in [1.54, 1.807) is 0 Å². The lowest BCUT2D eigenvalue weighted by Gasteiger charge is -2.28. The van der Waals surface area contributed by atoms with Gasteiger partial charge in [0, 0.05) is 12.2 Å². The van der Waals surface area contributed by atoms with Crippen molar-refractivity contribution in [2.45, 2.75) is 19.3 Å². The average Bonchev–Trinajstić information content (AvgIpc) is 2.48. The number of para-hydroxylation sites is 1. The summed E-state index contributed by atoms with van der Waals surface area (Å²) in [6.45, 7) is 3.52. The highest BCUT2D eigenvalue weighted by molar-refractivity contribution is 5.80. The Labute approximate surface area is 121 Å². The van der Waals surface area contributed by atoms with Gasteiger partial charge < -0.3 is 15.5 Å². The van der Waals surface area contributed by atoms with Crippen molar-refractivity contribution in [3.05, 3.63) is 30.3 Å². The molecular weight excluding hydrogens is 250 g/mol. The van der Waals surface area contributed by atoms with E-state index in [0.717, 1.165) is 24.6 Å². The summed E-state index contributed by atoms with van der Waals surface area (Å²) in [5.74, 6) is 0.843. The molecule has 1 aliphatic heterocycles. The molecule has 1 saturated heterocycles. The van der Waals surface area contributed by atoms with Crippen molar-refractivity contribution < 1.29 is 4.79 Å². The molecule has 1 aromatic carbocycles. The number of likely N-dealkylation sites (tertiary alicyclic amines) is 1. The molecule has 0 saturated carbocycles. The number of piperidine rings is 1. The third-order valence-corrected chi connectivity index (χ3v) is 3.94. The van der Waals surface area contributed by atoms with Crippen LogP contribution in [0.5, 0.6) is 0 Å². The standard InChI is InChI=1S/C16H25N3O/c1-19-11-8-14(9-12-19)7-10-17-16(20)13-18-15-5-3-2-4-6-15/h2-6,14,18H,7-13H2,1H3,(H,17,20). The zero-order valence-corrected chi connectivity index (χ0v) is 12.3. The summed E-state index contributed by atoms with van der Waals surface area (Å²) < 4.78 is 0. The van der Waals surface area contributed by atoms with Gasteiger partial charge in [0.25, 0.3) is 0 Å². The topological polar surface area (TPSA) is 44.4 Å². The maximum absolute atomic E-state index is 11.7. The van der Waals surface area contributed by atoms with Crippen molar-refractivity contribution in [3.8, 4) is 0 Å². The molecule has 0 spiro atoms. The van der Waals surface area contributed by atoms with Crippen molar-refractivity contribution in [3.63, 3.8) is 0 Å². The Bertz CT molecular complexity index is 399. The molecule has 0 unspecified atom stereocenters. The van der Waals surface area contributed by atoms with E-state index in [2.05, 4.69) is 22.6 Å². The van der Waals surface area contributed by atoms with Gasteiger partial charge in [0.1, 0.15) is 0 Å². The summed E-state index contributed by atoms with van der Waals surface area (Å²) >= 11 is 0. The fourth-order valence-corrected chi connectivity index (χ4v) is 2.57. The fraction of sp³-hybridized carbons (Fsp3) is 0.562. The van der Waals surface area contributed by atoms with Crippen LogP contribution in [0.3, 0.4) is 0 Å². The highest BCUT2D eigenvalue weighted by Crippen LogP contribution is 2.18. The number of rotatable bonds is 6. The number of nitrogens with one attached hydrogen (secondary N) is 2. The summed E-state index contributed by atoms with van der Waals surface area (Å²) in [6, 6.07) is 9.81. The van der Waals surface area contributed by atoms with Crippen LogP contribution in [0.15, 0.2) is 30.3 Å². The van der Waals surface area contributed by atoms with Crippen LogP contribution < -0.4 is 10.6 Å². The Balaban J connectivity index is 1.56. The van der Waals surface area contributed by atoms with E-state index in [0.29, 0.717) is 6.54 Å². The smallest absolute Gasteiger partial charge is 0.239 e. The Morgan fingerprint density at radius 3 is 2.65 bits per heavy atom. The van der Waals surface area contributed by atoms with Crippen LogP contribution >= 0.6 is 0 Å². The number of hydrogen-bond acceptors (Lipinski definition) is 3. The normalized spacial score (nSPS) is 16.9. The molecule has 0 aromatic heterocycles. The van der Waals surface area contributed by atoms with Gasteiger partial charge in [-0.25, -0.2) is 0 Å². The van der Waals surface area contributed by atoms with E-state index >= 15 is 0 Å². The van der Waals surface area contributed by atoms with Crippen molar-refractivity contribution in [2.75, 3.05) is 38.5 Å². The lowest BCUT2D eigenvalue weighted by molar-refractivity contribution is -0.119. The molecule has 1 amide bonds. The maximum Gasteiger partial charge on any atom is 0.239 e. The molecule has 1 aromatic rings. The Morgan fingerprint density at radius 2 is 1.95 bits per heavy atom. The van der Waals surface area contributed by atoms with Gasteiger partial charge in [0.15, 0.2) is 0 Å². The number of amides is 1. The molecule has 2 rings (SSSR count). The van der Waals surface area contributed by atoms with Crippen LogP contribution in [0.25, 0.3) is 0 Å². The average molecular weight is 275 g/mol. The van der Waals surface area contributed by atoms with Crippen molar-refractivity contribution in [1.82, 2.24) is 10.2 Å². The third-order valence-electron chi connectivity index (χ3n) is 3.94. The quantitative estimate of drug-likeness (QED) is 0.834. The summed E-state index contributed by atoms with van der Waals surface area (Å²) in [4.78, 5) is 14.1. The van der Waals surface area contributed by atoms with Crippen LogP contribution in [0.1, 0.15) is 19.3 Å². The molecule has 110 valence electrons. The minimum Gasteiger partial charge on any atom is -0.376 e. The van der Waals surface area contributed by atoms with Crippen LogP contribution in [-0.2, 0) is 4.79 Å². The second-order valence-electron chi connectivity index (χ2n) is 5.60. The van der Waals surface area contributed by atoms with Gasteiger partial charge in [-0.1, -0.05) is 18.2 Å². The van der Waals surface area contributed by atoms with Crippen LogP contribution in [0.2, 0.25) is 0 Å². The first kappa shape index (κ1) is 14.9. The van der Waals surface area contributed by atoms with Crippen molar-refractivity contribution in [1.29, 1.82) is 0 Å². The van der Waals surface area contributed by atoms with E-state index in [1.807, 2.05) is 30.3 Å². The van der Waals surface area contributed by atoms with Gasteiger partial charge in [-0.3, -0.25) is 4.79 Å². The first-order valence-corrected chi connectivity index (χ1v) is 7.48. The lowest BCUT2D eigenvalue weighted by atomic mass is 9.94. The molecule has 1 aliphatic rings. The van der Waals surface area contributed by atoms with Gasteiger partial charge in [0.05, 0.1) is 6.54 Å². The summed E-state index contributed by atoms with van der Waals surface area (Å²) in [5, 5.41) is 6.12. The molecule has 1 fully saturated rings. The zero-order chi connectivity index (χ0) is 14.2. The summed E-state index contributed by atoms with van der Waals surface area (Å²) in [5.41, 5.74) is 0.984. The zero-order valence-electron chi connectivity index (χ0n) is 12.3. The van der Waals surface area contributed by atoms with Gasteiger partial charge in [0.2, 0.25) is 5.91 Å². The number of anilines is 1. The van der Waals surface area contributed by atoms with Gasteiger partial charge in [-0.05, 0) is 57.5 Å². The highest BCUT2D eigenvalue weighted by atomic mass is 16.1. The van der Waals surface area contributed by atoms with Crippen LogP contribution in [0, 0.1) is 5.92 Å². The minimum absolute atomic E-state index is 0.0711. The number of hydrogen-bond donors (Lipinski definition) is 2. The highest BCUT2D eigenvalue weighted by Gasteiger charge is 2.16. The van der Waals surface area contributed by atoms with E-state index in [4.69, 9.17) is 0 Å². The molecule has 20 heavy (non-hydrogen) atoms. The number of benzene rings is 1. The lowest BCUT2D eigenvalue weighted by Crippen LogP contribution is -2.34. The molecule has 1 heterocycles. The molecule has 0 bridgehead atoms. The SMILES string of the molecule is CN1CCC(CCNC(=O)CNc2ccccc2)CC1. The first-order valence-electron chi connectivity index (χ1n) is 7.48. The number of carbonyl (C=O) groups is 1. The van der Waals surface area contributed by atoms with E-state index in [-0.39, 0.29) is 5.91 Å². The first-order chi connectivity index (χ1) is 9.74. The van der Waals surface area contributed by atoms with Crippen molar-refractivity contribution >= 4 is 11.6 Å². The predicted molar refractivity (Wildman–Crippen MR) is 82.8 cm³/mol. The summed E-state index contributed by atoms with van der Waals surface area (Å²) in [6.07, 6.45) is 3.62. The molecule has 0 atom stereocenters. The Hall–Kier alpha value is -1.55. The Morgan fingerprint density at radius 1 is 1.25 bits per heavy atom. The van der Waals surface area contributed by atoms with E-state index in [1.165, 1.54) is 25.9 Å². The fourth-order valence-electron chi connectivity index (χ4n) is 2.57. The van der Waals surface area contributed by atoms with E-state index < -0.39 is 0 Å². The van der Waals surface area contributed by atoms with Crippen molar-refractivity contribution in [2.24, 2.45) is 5.92 Å². The second kappa shape index (κ2) is 7.90. The predicted octanol–water partition coefficient (Wildman–Crippen LogP) is 1.95. The molecule has 0 radical (unpaired) electrons. The maximum atomic E-state index is 11.7. The monoisotopic (exact) mass is 275 g/mol. The van der Waals surface area contributed by atoms with Crippen LogP contribution in [-0.4, -0.2) is 44.0 Å². The largest absolute Gasteiger partial charge is 0.376 e. The van der Waals surface area contributed by atoms with Gasteiger partial charge >= 0.3 is 0 Å². The van der Waals surface area contributed by atoms with E-state index in [9.17, 15) is 4.79 Å². The Kier molecular flexibility index (Phi) is 5.87. The van der Waals surface area contributed by atoms with Crippen LogP contribution in [0.4, 0.5) is 5.69 Å². The molecule has 4 nitrogen and oxygen atoms in total. The number of carbonyl (C=O) groups excluding carboxylic acids is 1. The second-order valence-corrected chi connectivity index (χ2v) is 5.60. The number of nitrogens with zero attached hydrogens (tertiary/aromatic N) is 1. The minimum atomic E-state index is 0.0711. The molecule has 2 N–H and O–H groups in total.